The summed E-state index contributed by atoms with van der Waals surface area (Å²) < 4.78 is 3.88. The van der Waals surface area contributed by atoms with Gasteiger partial charge in [0.25, 0.3) is 5.91 Å². The van der Waals surface area contributed by atoms with Crippen molar-refractivity contribution >= 4 is 51.6 Å². The Hall–Kier alpha value is -4.08. The molecule has 48 heavy (non-hydrogen) atoms. The largest absolute Gasteiger partial charge is 0.494 e. The molecule has 4 heterocycles. The quantitative estimate of drug-likeness (QED) is 0.304. The minimum absolute atomic E-state index is 0.0644. The summed E-state index contributed by atoms with van der Waals surface area (Å²) in [6, 6.07) is 20.0. The average Bonchev–Trinajstić information content (AvgIpc) is 3.36. The molecule has 3 aromatic rings. The van der Waals surface area contributed by atoms with E-state index in [1.165, 1.54) is 0 Å². The molecular weight excluding hydrogens is 623 g/mol. The van der Waals surface area contributed by atoms with Crippen LogP contribution >= 0.6 is 11.8 Å². The molecule has 0 aromatic heterocycles. The van der Waals surface area contributed by atoms with Crippen molar-refractivity contribution in [2.24, 2.45) is 17.8 Å². The molecule has 0 radical (unpaired) electrons. The first-order valence-corrected chi connectivity index (χ1v) is 17.8. The lowest BCUT2D eigenvalue weighted by molar-refractivity contribution is -0.143. The van der Waals surface area contributed by atoms with Crippen molar-refractivity contribution in [2.75, 3.05) is 36.1 Å². The SMILES string of the molecule is CCOc1ccc(N2CC=C[C@@]3(C)S[C@]45C=CCN(c6ccc7ccccc7c6)C(=O)C4N([C@@H](CO)[C@@H](C)CC)C(=O)[C@@H]5[C@H]3C2=O)cc1. The molecule has 2 saturated heterocycles. The molecule has 9 heteroatoms. The number of thioether (sulfide) groups is 1. The van der Waals surface area contributed by atoms with E-state index in [2.05, 4.69) is 6.08 Å². The summed E-state index contributed by atoms with van der Waals surface area (Å²) in [7, 11) is 0. The van der Waals surface area contributed by atoms with Gasteiger partial charge in [0.1, 0.15) is 11.8 Å². The zero-order chi connectivity index (χ0) is 33.8. The highest BCUT2D eigenvalue weighted by atomic mass is 32.2. The van der Waals surface area contributed by atoms with Crippen molar-refractivity contribution in [3.8, 4) is 5.75 Å². The van der Waals surface area contributed by atoms with Crippen molar-refractivity contribution < 1.29 is 24.2 Å². The Kier molecular flexibility index (Phi) is 8.40. The van der Waals surface area contributed by atoms with Gasteiger partial charge in [0.2, 0.25) is 11.8 Å². The number of fused-ring (bicyclic) bond motifs is 3. The third kappa shape index (κ3) is 4.96. The van der Waals surface area contributed by atoms with E-state index in [0.29, 0.717) is 19.7 Å². The third-order valence-electron chi connectivity index (χ3n) is 10.8. The van der Waals surface area contributed by atoms with Crippen molar-refractivity contribution in [1.82, 2.24) is 4.90 Å². The number of ether oxygens (including phenoxy) is 1. The maximum Gasteiger partial charge on any atom is 0.251 e. The number of likely N-dealkylation sites (tertiary alicyclic amines) is 1. The highest BCUT2D eigenvalue weighted by molar-refractivity contribution is 8.02. The molecular formula is C39H43N3O5S. The molecule has 0 aliphatic carbocycles. The molecule has 7 atom stereocenters. The maximum atomic E-state index is 15.1. The number of aliphatic hydroxyl groups is 1. The van der Waals surface area contributed by atoms with Crippen molar-refractivity contribution in [3.63, 3.8) is 0 Å². The summed E-state index contributed by atoms with van der Waals surface area (Å²) in [4.78, 5) is 50.1. The van der Waals surface area contributed by atoms with Crippen LogP contribution in [0.4, 0.5) is 11.4 Å². The van der Waals surface area contributed by atoms with E-state index in [-0.39, 0.29) is 30.2 Å². The molecule has 3 aromatic carbocycles. The van der Waals surface area contributed by atoms with Crippen LogP contribution in [0.5, 0.6) is 5.75 Å². The van der Waals surface area contributed by atoms with Gasteiger partial charge in [0.05, 0.1) is 35.8 Å². The summed E-state index contributed by atoms with van der Waals surface area (Å²) >= 11 is 1.56. The van der Waals surface area contributed by atoms with Crippen LogP contribution in [0.1, 0.15) is 34.1 Å². The van der Waals surface area contributed by atoms with Crippen LogP contribution in [0.3, 0.4) is 0 Å². The molecule has 4 aliphatic heterocycles. The first-order valence-electron chi connectivity index (χ1n) is 17.0. The fourth-order valence-electron chi connectivity index (χ4n) is 8.33. The molecule has 0 bridgehead atoms. The lowest BCUT2D eigenvalue weighted by Crippen LogP contribution is -2.58. The second kappa shape index (κ2) is 12.4. The molecule has 1 spiro atoms. The number of carbonyl (C=O) groups excluding carboxylic acids is 3. The van der Waals surface area contributed by atoms with Gasteiger partial charge in [-0.05, 0) is 66.9 Å². The van der Waals surface area contributed by atoms with Gasteiger partial charge in [-0.15, -0.1) is 11.8 Å². The summed E-state index contributed by atoms with van der Waals surface area (Å²) in [6.45, 7) is 8.98. The van der Waals surface area contributed by atoms with E-state index >= 15 is 9.59 Å². The van der Waals surface area contributed by atoms with Gasteiger partial charge >= 0.3 is 0 Å². The van der Waals surface area contributed by atoms with E-state index in [1.807, 2.05) is 113 Å². The lowest BCUT2D eigenvalue weighted by Gasteiger charge is -2.41. The van der Waals surface area contributed by atoms with E-state index < -0.39 is 33.4 Å². The Morgan fingerprint density at radius 2 is 1.52 bits per heavy atom. The predicted molar refractivity (Wildman–Crippen MR) is 191 cm³/mol. The van der Waals surface area contributed by atoms with E-state index in [1.54, 1.807) is 26.5 Å². The summed E-state index contributed by atoms with van der Waals surface area (Å²) in [5, 5.41) is 12.9. The number of hydrogen-bond acceptors (Lipinski definition) is 6. The Bertz CT molecular complexity index is 1810. The smallest absolute Gasteiger partial charge is 0.251 e. The van der Waals surface area contributed by atoms with E-state index in [4.69, 9.17) is 4.74 Å². The summed E-state index contributed by atoms with van der Waals surface area (Å²) in [5.41, 5.74) is 1.48. The third-order valence-corrected chi connectivity index (χ3v) is 12.6. The second-order valence-electron chi connectivity index (χ2n) is 13.5. The minimum atomic E-state index is -1.01. The van der Waals surface area contributed by atoms with Crippen molar-refractivity contribution in [3.05, 3.63) is 91.0 Å². The van der Waals surface area contributed by atoms with E-state index in [9.17, 15) is 9.90 Å². The van der Waals surface area contributed by atoms with Crippen LogP contribution in [0, 0.1) is 17.8 Å². The molecule has 1 N–H and O–H groups in total. The molecule has 7 rings (SSSR count). The standard InChI is InChI=1S/C39H43N3O5S/c1-5-25(3)31(24-43)42-34-37(46)41(29-14-13-26-11-7-8-12-27(26)23-29)22-10-20-39(34)33(36(42)45)32-35(44)40(21-9-19-38(32,4)48-39)28-15-17-30(18-16-28)47-6-2/h7-20,23,25,31-34,43H,5-6,21-22,24H2,1-4H3/t25-,31-,32-,33-,34?,38+,39-/m0/s1. The van der Waals surface area contributed by atoms with Crippen molar-refractivity contribution in [1.29, 1.82) is 0 Å². The Labute approximate surface area is 286 Å². The fraction of sp³-hybridized carbons (Fsp3) is 0.410. The molecule has 2 fully saturated rings. The topological polar surface area (TPSA) is 90.4 Å². The first kappa shape index (κ1) is 32.5. The molecule has 250 valence electrons. The number of nitrogens with zero attached hydrogens (tertiary/aromatic N) is 3. The molecule has 8 nitrogen and oxygen atoms in total. The first-order chi connectivity index (χ1) is 23.2. The van der Waals surface area contributed by atoms with Crippen LogP contribution in [-0.2, 0) is 14.4 Å². The van der Waals surface area contributed by atoms with Gasteiger partial charge in [0.15, 0.2) is 0 Å². The van der Waals surface area contributed by atoms with Crippen LogP contribution in [0.2, 0.25) is 0 Å². The maximum absolute atomic E-state index is 15.1. The molecule has 3 amide bonds. The van der Waals surface area contributed by atoms with Gasteiger partial charge in [-0.1, -0.05) is 74.9 Å². The summed E-state index contributed by atoms with van der Waals surface area (Å²) in [5.74, 6) is -1.45. The monoisotopic (exact) mass is 665 g/mol. The number of carbonyl (C=O) groups is 3. The minimum Gasteiger partial charge on any atom is -0.494 e. The number of anilines is 2. The predicted octanol–water partition coefficient (Wildman–Crippen LogP) is 5.84. The van der Waals surface area contributed by atoms with Gasteiger partial charge in [-0.2, -0.15) is 0 Å². The Morgan fingerprint density at radius 1 is 0.854 bits per heavy atom. The van der Waals surface area contributed by atoms with Crippen molar-refractivity contribution in [2.45, 2.75) is 55.7 Å². The van der Waals surface area contributed by atoms with Gasteiger partial charge in [0, 0.05) is 29.2 Å². The van der Waals surface area contributed by atoms with Gasteiger partial charge < -0.3 is 24.5 Å². The van der Waals surface area contributed by atoms with Crippen LogP contribution in [0.25, 0.3) is 10.8 Å². The van der Waals surface area contributed by atoms with Gasteiger partial charge in [-0.25, -0.2) is 0 Å². The van der Waals surface area contributed by atoms with Crippen LogP contribution in [-0.4, -0.2) is 75.6 Å². The number of benzene rings is 3. The highest BCUT2D eigenvalue weighted by Crippen LogP contribution is 2.66. The zero-order valence-corrected chi connectivity index (χ0v) is 28.7. The Balaban J connectivity index is 1.34. The number of rotatable bonds is 8. The summed E-state index contributed by atoms with van der Waals surface area (Å²) in [6.07, 6.45) is 8.83. The van der Waals surface area contributed by atoms with Crippen LogP contribution < -0.4 is 14.5 Å². The second-order valence-corrected chi connectivity index (χ2v) is 15.3. The normalized spacial score (nSPS) is 29.4. The Morgan fingerprint density at radius 3 is 2.21 bits per heavy atom. The molecule has 0 saturated carbocycles. The van der Waals surface area contributed by atoms with Gasteiger partial charge in [-0.3, -0.25) is 14.4 Å². The number of hydrogen-bond donors (Lipinski definition) is 1. The van der Waals surface area contributed by atoms with Crippen LogP contribution in [0.15, 0.2) is 91.0 Å². The number of amides is 3. The molecule has 4 aliphatic rings. The van der Waals surface area contributed by atoms with E-state index in [0.717, 1.165) is 34.3 Å². The molecule has 1 unspecified atom stereocenters. The lowest BCUT2D eigenvalue weighted by atomic mass is 9.74. The fourth-order valence-corrected chi connectivity index (χ4v) is 10.5. The zero-order valence-electron chi connectivity index (χ0n) is 27.9. The highest BCUT2D eigenvalue weighted by Gasteiger charge is 2.74. The number of aliphatic hydroxyl groups excluding tert-OH is 1. The average molecular weight is 666 g/mol.